The Hall–Kier alpha value is -1.24. The van der Waals surface area contributed by atoms with Gasteiger partial charge in [-0.05, 0) is 17.7 Å². The van der Waals surface area contributed by atoms with Crippen LogP contribution in [-0.4, -0.2) is 28.5 Å². The first-order valence-corrected chi connectivity index (χ1v) is 6.51. The summed E-state index contributed by atoms with van der Waals surface area (Å²) in [5.74, 6) is -0.222. The Morgan fingerprint density at radius 2 is 1.95 bits per heavy atom. The number of carbonyl (C=O) groups is 1. The summed E-state index contributed by atoms with van der Waals surface area (Å²) in [4.78, 5) is 13.4. The van der Waals surface area contributed by atoms with Crippen molar-refractivity contribution in [1.29, 1.82) is 0 Å². The molecule has 1 saturated heterocycles. The van der Waals surface area contributed by atoms with Crippen molar-refractivity contribution in [3.05, 3.63) is 29.8 Å². The number of amides is 1. The average Bonchev–Trinajstić information content (AvgIpc) is 2.58. The van der Waals surface area contributed by atoms with Gasteiger partial charge in [0.2, 0.25) is 5.91 Å². The van der Waals surface area contributed by atoms with E-state index >= 15 is 0 Å². The van der Waals surface area contributed by atoms with Gasteiger partial charge < -0.3 is 9.64 Å². The number of hydrogen-bond donors (Lipinski definition) is 0. The zero-order chi connectivity index (χ0) is 14.0. The Bertz CT molecular complexity index is 461. The topological polar surface area (TPSA) is 29.5 Å². The number of hydrogen-bond acceptors (Lipinski definition) is 2. The van der Waals surface area contributed by atoms with E-state index in [0.29, 0.717) is 19.5 Å². The monoisotopic (exact) mass is 337 g/mol. The molecular weight excluding hydrogens is 327 g/mol. The van der Waals surface area contributed by atoms with Gasteiger partial charge in [-0.15, -0.1) is 13.2 Å². The standard InChI is InChI=1S/C12H11BrF3NO2/c13-9-5-11(18)17(7-9)6-8-1-3-10(4-2-8)19-12(14,15)16/h1-4,9H,5-7H2. The van der Waals surface area contributed by atoms with Crippen molar-refractivity contribution in [2.24, 2.45) is 0 Å². The zero-order valence-corrected chi connectivity index (χ0v) is 11.4. The molecule has 104 valence electrons. The van der Waals surface area contributed by atoms with E-state index in [1.165, 1.54) is 24.3 Å². The van der Waals surface area contributed by atoms with Crippen LogP contribution in [0.3, 0.4) is 0 Å². The van der Waals surface area contributed by atoms with Crippen molar-refractivity contribution in [2.75, 3.05) is 6.54 Å². The van der Waals surface area contributed by atoms with Crippen molar-refractivity contribution < 1.29 is 22.7 Å². The van der Waals surface area contributed by atoms with Gasteiger partial charge in [-0.25, -0.2) is 0 Å². The average molecular weight is 338 g/mol. The lowest BCUT2D eigenvalue weighted by Crippen LogP contribution is -2.24. The van der Waals surface area contributed by atoms with Crippen molar-refractivity contribution in [3.8, 4) is 5.75 Å². The van der Waals surface area contributed by atoms with E-state index < -0.39 is 6.36 Å². The van der Waals surface area contributed by atoms with Crippen molar-refractivity contribution in [3.63, 3.8) is 0 Å². The van der Waals surface area contributed by atoms with Crippen LogP contribution < -0.4 is 4.74 Å². The lowest BCUT2D eigenvalue weighted by atomic mass is 10.2. The molecule has 1 amide bonds. The van der Waals surface area contributed by atoms with Crippen molar-refractivity contribution in [1.82, 2.24) is 4.90 Å². The molecule has 1 atom stereocenters. The van der Waals surface area contributed by atoms with E-state index in [2.05, 4.69) is 20.7 Å². The molecule has 0 N–H and O–H groups in total. The van der Waals surface area contributed by atoms with Crippen molar-refractivity contribution >= 4 is 21.8 Å². The van der Waals surface area contributed by atoms with Gasteiger partial charge >= 0.3 is 6.36 Å². The summed E-state index contributed by atoms with van der Waals surface area (Å²) in [7, 11) is 0. The molecule has 1 aromatic carbocycles. The molecule has 1 aliphatic rings. The third-order valence-electron chi connectivity index (χ3n) is 2.70. The first-order valence-electron chi connectivity index (χ1n) is 5.60. The number of benzene rings is 1. The molecule has 0 spiro atoms. The van der Waals surface area contributed by atoms with Gasteiger partial charge in [-0.1, -0.05) is 28.1 Å². The molecule has 1 unspecified atom stereocenters. The molecule has 2 rings (SSSR count). The van der Waals surface area contributed by atoms with Crippen LogP contribution in [0.4, 0.5) is 13.2 Å². The number of nitrogens with zero attached hydrogens (tertiary/aromatic N) is 1. The number of halogens is 4. The highest BCUT2D eigenvalue weighted by Crippen LogP contribution is 2.24. The van der Waals surface area contributed by atoms with Gasteiger partial charge in [0, 0.05) is 24.3 Å². The maximum Gasteiger partial charge on any atom is 0.573 e. The molecule has 1 aliphatic heterocycles. The molecule has 1 heterocycles. The summed E-state index contributed by atoms with van der Waals surface area (Å²) >= 11 is 3.37. The Labute approximate surface area is 116 Å². The normalized spacial score (nSPS) is 19.9. The second-order valence-electron chi connectivity index (χ2n) is 4.27. The first-order chi connectivity index (χ1) is 8.83. The van der Waals surface area contributed by atoms with E-state index in [-0.39, 0.29) is 16.5 Å². The minimum atomic E-state index is -4.68. The van der Waals surface area contributed by atoms with Crippen LogP contribution in [0.25, 0.3) is 0 Å². The minimum absolute atomic E-state index is 0.0393. The maximum atomic E-state index is 12.0. The summed E-state index contributed by atoms with van der Waals surface area (Å²) in [6.45, 7) is 1.01. The van der Waals surface area contributed by atoms with Gasteiger partial charge in [-0.2, -0.15) is 0 Å². The summed E-state index contributed by atoms with van der Waals surface area (Å²) in [5, 5.41) is 0. The van der Waals surface area contributed by atoms with Crippen LogP contribution >= 0.6 is 15.9 Å². The third kappa shape index (κ3) is 4.12. The Balaban J connectivity index is 1.97. The van der Waals surface area contributed by atoms with E-state index in [1.54, 1.807) is 4.90 Å². The van der Waals surface area contributed by atoms with Gasteiger partial charge in [0.05, 0.1) is 0 Å². The minimum Gasteiger partial charge on any atom is -0.406 e. The van der Waals surface area contributed by atoms with E-state index in [0.717, 1.165) is 5.56 Å². The molecule has 1 aromatic rings. The Morgan fingerprint density at radius 1 is 1.32 bits per heavy atom. The Kier molecular flexibility index (Phi) is 4.03. The summed E-state index contributed by atoms with van der Waals surface area (Å²) in [6.07, 6.45) is -4.23. The van der Waals surface area contributed by atoms with Gasteiger partial charge in [0.1, 0.15) is 5.75 Å². The zero-order valence-electron chi connectivity index (χ0n) is 9.78. The highest BCUT2D eigenvalue weighted by atomic mass is 79.9. The fourth-order valence-electron chi connectivity index (χ4n) is 1.89. The fraction of sp³-hybridized carbons (Fsp3) is 0.417. The summed E-state index contributed by atoms with van der Waals surface area (Å²) in [6, 6.07) is 5.54. The highest BCUT2D eigenvalue weighted by Gasteiger charge is 2.31. The molecule has 1 fully saturated rings. The largest absolute Gasteiger partial charge is 0.573 e. The van der Waals surface area contributed by atoms with Crippen LogP contribution in [0.15, 0.2) is 24.3 Å². The smallest absolute Gasteiger partial charge is 0.406 e. The van der Waals surface area contributed by atoms with Crippen molar-refractivity contribution in [2.45, 2.75) is 24.2 Å². The number of carbonyl (C=O) groups excluding carboxylic acids is 1. The molecule has 0 radical (unpaired) electrons. The first kappa shape index (κ1) is 14.2. The fourth-order valence-corrected chi connectivity index (χ4v) is 2.52. The molecule has 0 aromatic heterocycles. The molecular formula is C12H11BrF3NO2. The predicted molar refractivity (Wildman–Crippen MR) is 65.9 cm³/mol. The van der Waals surface area contributed by atoms with Gasteiger partial charge in [-0.3, -0.25) is 4.79 Å². The lowest BCUT2D eigenvalue weighted by Gasteiger charge is -2.16. The predicted octanol–water partition coefficient (Wildman–Crippen LogP) is 3.08. The number of alkyl halides is 4. The van der Waals surface area contributed by atoms with Crippen LogP contribution in [0.5, 0.6) is 5.75 Å². The molecule has 0 bridgehead atoms. The van der Waals surface area contributed by atoms with E-state index in [4.69, 9.17) is 0 Å². The van der Waals surface area contributed by atoms with Crippen LogP contribution in [0, 0.1) is 0 Å². The number of ether oxygens (including phenoxy) is 1. The molecule has 3 nitrogen and oxygen atoms in total. The molecule has 7 heteroatoms. The lowest BCUT2D eigenvalue weighted by molar-refractivity contribution is -0.274. The Morgan fingerprint density at radius 3 is 2.42 bits per heavy atom. The van der Waals surface area contributed by atoms with Crippen LogP contribution in [-0.2, 0) is 11.3 Å². The second-order valence-corrected chi connectivity index (χ2v) is 5.56. The molecule has 0 aliphatic carbocycles. The van der Waals surface area contributed by atoms with E-state index in [9.17, 15) is 18.0 Å². The molecule has 0 saturated carbocycles. The van der Waals surface area contributed by atoms with E-state index in [1.807, 2.05) is 0 Å². The summed E-state index contributed by atoms with van der Waals surface area (Å²) in [5.41, 5.74) is 0.768. The van der Waals surface area contributed by atoms with Gasteiger partial charge in [0.15, 0.2) is 0 Å². The second kappa shape index (κ2) is 5.40. The number of likely N-dealkylation sites (tertiary alicyclic amines) is 1. The number of rotatable bonds is 3. The SMILES string of the molecule is O=C1CC(Br)CN1Cc1ccc(OC(F)(F)F)cc1. The van der Waals surface area contributed by atoms with Crippen LogP contribution in [0.2, 0.25) is 0 Å². The van der Waals surface area contributed by atoms with Gasteiger partial charge in [0.25, 0.3) is 0 Å². The summed E-state index contributed by atoms with van der Waals surface area (Å²) < 4.78 is 39.7. The maximum absolute atomic E-state index is 12.0. The quantitative estimate of drug-likeness (QED) is 0.793. The molecule has 19 heavy (non-hydrogen) atoms. The van der Waals surface area contributed by atoms with Crippen LogP contribution in [0.1, 0.15) is 12.0 Å². The third-order valence-corrected chi connectivity index (χ3v) is 3.31. The highest BCUT2D eigenvalue weighted by molar-refractivity contribution is 9.09.